The number of rotatable bonds is 3. The Morgan fingerprint density at radius 3 is 2.30 bits per heavy atom. The van der Waals surface area contributed by atoms with Gasteiger partial charge in [0.05, 0.1) is 17.7 Å². The predicted octanol–water partition coefficient (Wildman–Crippen LogP) is 2.86. The Labute approximate surface area is 126 Å². The number of alkyl halides is 3. The maximum atomic E-state index is 12.9. The van der Waals surface area contributed by atoms with Crippen LogP contribution in [0.4, 0.5) is 18.9 Å². The standard InChI is InChI=1S/C13H8F3N3O4/c1-23-12(20)11-17-9(6-10(18-11)13(14,15)16)7-2-4-8(5-3-7)19(21)22/h2-6H,1H3. The average Bonchev–Trinajstić information content (AvgIpc) is 2.53. The Balaban J connectivity index is 2.56. The molecule has 0 atom stereocenters. The maximum absolute atomic E-state index is 12.9. The third-order valence-electron chi connectivity index (χ3n) is 2.76. The summed E-state index contributed by atoms with van der Waals surface area (Å²) in [7, 11) is 0.984. The second-order valence-electron chi connectivity index (χ2n) is 4.26. The number of aromatic nitrogens is 2. The molecule has 1 heterocycles. The Bertz CT molecular complexity index is 760. The van der Waals surface area contributed by atoms with Crippen molar-refractivity contribution in [2.75, 3.05) is 7.11 Å². The van der Waals surface area contributed by atoms with E-state index in [0.717, 1.165) is 19.2 Å². The van der Waals surface area contributed by atoms with Crippen LogP contribution in [0.2, 0.25) is 0 Å². The normalized spacial score (nSPS) is 11.1. The molecule has 0 aliphatic carbocycles. The fraction of sp³-hybridized carbons (Fsp3) is 0.154. The number of carbonyl (C=O) groups excluding carboxylic acids is 1. The highest BCUT2D eigenvalue weighted by Gasteiger charge is 2.34. The molecule has 0 spiro atoms. The van der Waals surface area contributed by atoms with E-state index >= 15 is 0 Å². The van der Waals surface area contributed by atoms with E-state index < -0.39 is 28.6 Å². The van der Waals surface area contributed by atoms with Crippen molar-refractivity contribution in [3.63, 3.8) is 0 Å². The van der Waals surface area contributed by atoms with Gasteiger partial charge < -0.3 is 4.74 Å². The first-order valence-electron chi connectivity index (χ1n) is 6.02. The Morgan fingerprint density at radius 1 is 1.22 bits per heavy atom. The zero-order valence-corrected chi connectivity index (χ0v) is 11.5. The molecule has 0 radical (unpaired) electrons. The summed E-state index contributed by atoms with van der Waals surface area (Å²) in [5.41, 5.74) is -1.59. The number of esters is 1. The van der Waals surface area contributed by atoms with E-state index in [1.807, 2.05) is 0 Å². The van der Waals surface area contributed by atoms with Gasteiger partial charge in [0, 0.05) is 17.7 Å². The summed E-state index contributed by atoms with van der Waals surface area (Å²) in [5, 5.41) is 10.6. The minimum absolute atomic E-state index is 0.161. The smallest absolute Gasteiger partial charge is 0.433 e. The lowest BCUT2D eigenvalue weighted by molar-refractivity contribution is -0.384. The molecule has 120 valence electrons. The molecule has 0 N–H and O–H groups in total. The monoisotopic (exact) mass is 327 g/mol. The minimum Gasteiger partial charge on any atom is -0.463 e. The van der Waals surface area contributed by atoms with Crippen molar-refractivity contribution in [2.45, 2.75) is 6.18 Å². The number of methoxy groups -OCH3 is 1. The minimum atomic E-state index is -4.79. The first-order chi connectivity index (χ1) is 10.7. The van der Waals surface area contributed by atoms with E-state index in [0.29, 0.717) is 6.07 Å². The largest absolute Gasteiger partial charge is 0.463 e. The molecule has 0 amide bonds. The first-order valence-corrected chi connectivity index (χ1v) is 6.02. The molecule has 1 aromatic heterocycles. The summed E-state index contributed by atoms with van der Waals surface area (Å²) in [6.07, 6.45) is -4.79. The van der Waals surface area contributed by atoms with Crippen molar-refractivity contribution in [3.8, 4) is 11.3 Å². The van der Waals surface area contributed by atoms with E-state index in [9.17, 15) is 28.1 Å². The third-order valence-corrected chi connectivity index (χ3v) is 2.76. The van der Waals surface area contributed by atoms with Gasteiger partial charge in [-0.05, 0) is 18.2 Å². The van der Waals surface area contributed by atoms with Crippen molar-refractivity contribution < 1.29 is 27.6 Å². The van der Waals surface area contributed by atoms with Gasteiger partial charge in [-0.25, -0.2) is 14.8 Å². The van der Waals surface area contributed by atoms with Crippen molar-refractivity contribution in [1.29, 1.82) is 0 Å². The van der Waals surface area contributed by atoms with Gasteiger partial charge in [-0.3, -0.25) is 10.1 Å². The van der Waals surface area contributed by atoms with Crippen LogP contribution in [-0.4, -0.2) is 28.0 Å². The van der Waals surface area contributed by atoms with Gasteiger partial charge in [0.1, 0.15) is 5.69 Å². The Morgan fingerprint density at radius 2 is 1.83 bits per heavy atom. The van der Waals surface area contributed by atoms with Gasteiger partial charge in [0.2, 0.25) is 5.82 Å². The van der Waals surface area contributed by atoms with Crippen LogP contribution in [0, 0.1) is 10.1 Å². The second kappa shape index (κ2) is 5.99. The zero-order valence-electron chi connectivity index (χ0n) is 11.5. The molecule has 2 aromatic rings. The van der Waals surface area contributed by atoms with Crippen molar-refractivity contribution in [2.24, 2.45) is 0 Å². The number of hydrogen-bond donors (Lipinski definition) is 0. The van der Waals surface area contributed by atoms with Crippen LogP contribution in [0.15, 0.2) is 30.3 Å². The molecular weight excluding hydrogens is 319 g/mol. The number of halogens is 3. The summed E-state index contributed by atoms with van der Waals surface area (Å²) in [5.74, 6) is -1.88. The highest BCUT2D eigenvalue weighted by Crippen LogP contribution is 2.30. The van der Waals surface area contributed by atoms with E-state index in [1.54, 1.807) is 0 Å². The molecule has 7 nitrogen and oxygen atoms in total. The van der Waals surface area contributed by atoms with E-state index in [1.165, 1.54) is 12.1 Å². The summed E-state index contributed by atoms with van der Waals surface area (Å²) < 4.78 is 42.9. The summed E-state index contributed by atoms with van der Waals surface area (Å²) in [6, 6.07) is 5.32. The molecular formula is C13H8F3N3O4. The zero-order chi connectivity index (χ0) is 17.2. The van der Waals surface area contributed by atoms with Gasteiger partial charge in [-0.1, -0.05) is 0 Å². The SMILES string of the molecule is COC(=O)c1nc(-c2ccc([N+](=O)[O-])cc2)cc(C(F)(F)F)n1. The molecule has 10 heteroatoms. The van der Waals surface area contributed by atoms with Crippen LogP contribution >= 0.6 is 0 Å². The molecule has 2 rings (SSSR count). The van der Waals surface area contributed by atoms with Gasteiger partial charge >= 0.3 is 12.1 Å². The number of nitro groups is 1. The van der Waals surface area contributed by atoms with E-state index in [2.05, 4.69) is 14.7 Å². The Hall–Kier alpha value is -3.04. The van der Waals surface area contributed by atoms with Crippen LogP contribution in [0.25, 0.3) is 11.3 Å². The molecule has 0 fully saturated rings. The number of nitrogens with zero attached hydrogens (tertiary/aromatic N) is 3. The van der Waals surface area contributed by atoms with Crippen LogP contribution < -0.4 is 0 Å². The fourth-order valence-electron chi connectivity index (χ4n) is 1.68. The third kappa shape index (κ3) is 3.59. The number of non-ortho nitro benzene ring substituents is 1. The first kappa shape index (κ1) is 16.3. The van der Waals surface area contributed by atoms with Crippen molar-refractivity contribution in [3.05, 3.63) is 52.0 Å². The second-order valence-corrected chi connectivity index (χ2v) is 4.26. The molecule has 23 heavy (non-hydrogen) atoms. The van der Waals surface area contributed by atoms with Gasteiger partial charge in [0.15, 0.2) is 0 Å². The van der Waals surface area contributed by atoms with E-state index in [4.69, 9.17) is 0 Å². The maximum Gasteiger partial charge on any atom is 0.433 e. The number of ether oxygens (including phenoxy) is 1. The number of nitro benzene ring substituents is 1. The Kier molecular flexibility index (Phi) is 4.25. The van der Waals surface area contributed by atoms with Crippen LogP contribution in [0.3, 0.4) is 0 Å². The van der Waals surface area contributed by atoms with Crippen LogP contribution in [0.5, 0.6) is 0 Å². The molecule has 0 unspecified atom stereocenters. The highest BCUT2D eigenvalue weighted by atomic mass is 19.4. The molecule has 0 saturated carbocycles. The summed E-state index contributed by atoms with van der Waals surface area (Å²) in [6.45, 7) is 0. The van der Waals surface area contributed by atoms with Crippen LogP contribution in [0.1, 0.15) is 16.3 Å². The molecule has 0 saturated heterocycles. The molecule has 1 aromatic carbocycles. The summed E-state index contributed by atoms with van der Waals surface area (Å²) in [4.78, 5) is 28.2. The van der Waals surface area contributed by atoms with Gasteiger partial charge in [0.25, 0.3) is 5.69 Å². The number of benzene rings is 1. The lowest BCUT2D eigenvalue weighted by Crippen LogP contribution is -2.15. The number of carbonyl (C=O) groups is 1. The molecule has 0 bridgehead atoms. The van der Waals surface area contributed by atoms with Gasteiger partial charge in [-0.2, -0.15) is 13.2 Å². The molecule has 0 aliphatic heterocycles. The van der Waals surface area contributed by atoms with Crippen molar-refractivity contribution >= 4 is 11.7 Å². The number of hydrogen-bond acceptors (Lipinski definition) is 6. The average molecular weight is 327 g/mol. The molecule has 0 aliphatic rings. The quantitative estimate of drug-likeness (QED) is 0.489. The summed E-state index contributed by atoms with van der Waals surface area (Å²) >= 11 is 0. The van der Waals surface area contributed by atoms with Gasteiger partial charge in [-0.15, -0.1) is 0 Å². The van der Waals surface area contributed by atoms with Crippen LogP contribution in [-0.2, 0) is 10.9 Å². The lowest BCUT2D eigenvalue weighted by atomic mass is 10.1. The topological polar surface area (TPSA) is 95.2 Å². The highest BCUT2D eigenvalue weighted by molar-refractivity contribution is 5.85. The van der Waals surface area contributed by atoms with Crippen molar-refractivity contribution in [1.82, 2.24) is 9.97 Å². The predicted molar refractivity (Wildman–Crippen MR) is 70.5 cm³/mol. The lowest BCUT2D eigenvalue weighted by Gasteiger charge is -2.09. The van der Waals surface area contributed by atoms with E-state index in [-0.39, 0.29) is 16.9 Å². The fourth-order valence-corrected chi connectivity index (χ4v) is 1.68.